The Labute approximate surface area is 96.4 Å². The third-order valence-corrected chi connectivity index (χ3v) is 2.26. The fraction of sp³-hybridized carbons (Fsp3) is 0.300. The molecule has 2 rings (SSSR count). The van der Waals surface area contributed by atoms with Crippen LogP contribution in [-0.2, 0) is 13.1 Å². The van der Waals surface area contributed by atoms with Gasteiger partial charge in [0.15, 0.2) is 17.5 Å². The van der Waals surface area contributed by atoms with E-state index in [0.29, 0.717) is 24.5 Å². The minimum Gasteiger partial charge on any atom is -0.313 e. The Morgan fingerprint density at radius 1 is 1.29 bits per heavy atom. The first-order chi connectivity index (χ1) is 8.20. The van der Waals surface area contributed by atoms with E-state index in [-0.39, 0.29) is 0 Å². The number of tetrazole rings is 1. The van der Waals surface area contributed by atoms with E-state index in [1.54, 1.807) is 7.05 Å². The molecule has 0 spiro atoms. The number of hydrogen-bond donors (Lipinski definition) is 1. The zero-order chi connectivity index (χ0) is 12.3. The molecule has 1 aromatic heterocycles. The van der Waals surface area contributed by atoms with Gasteiger partial charge >= 0.3 is 0 Å². The molecule has 0 saturated carbocycles. The first kappa shape index (κ1) is 11.6. The monoisotopic (exact) mass is 239 g/mol. The number of benzene rings is 1. The lowest BCUT2D eigenvalue weighted by Gasteiger charge is -2.04. The van der Waals surface area contributed by atoms with Gasteiger partial charge in [0.2, 0.25) is 0 Å². The second-order valence-corrected chi connectivity index (χ2v) is 3.53. The Hall–Kier alpha value is -1.89. The molecule has 1 heterocycles. The van der Waals surface area contributed by atoms with Gasteiger partial charge in [0, 0.05) is 0 Å². The maximum atomic E-state index is 13.0. The molecular weight excluding hydrogens is 228 g/mol. The molecule has 0 unspecified atom stereocenters. The first-order valence-electron chi connectivity index (χ1n) is 5.04. The van der Waals surface area contributed by atoms with Crippen molar-refractivity contribution in [2.24, 2.45) is 0 Å². The van der Waals surface area contributed by atoms with Crippen molar-refractivity contribution in [1.82, 2.24) is 25.5 Å². The third-order valence-electron chi connectivity index (χ3n) is 2.26. The Bertz CT molecular complexity index is 511. The summed E-state index contributed by atoms with van der Waals surface area (Å²) in [6.45, 7) is 0.817. The third kappa shape index (κ3) is 2.62. The summed E-state index contributed by atoms with van der Waals surface area (Å²) in [7, 11) is 1.77. The molecule has 90 valence electrons. The molecule has 0 bridgehead atoms. The van der Waals surface area contributed by atoms with Crippen molar-refractivity contribution in [3.8, 4) is 0 Å². The lowest BCUT2D eigenvalue weighted by molar-refractivity contribution is 0.504. The Kier molecular flexibility index (Phi) is 3.38. The lowest BCUT2D eigenvalue weighted by Crippen LogP contribution is -2.14. The molecule has 0 saturated heterocycles. The fourth-order valence-electron chi connectivity index (χ4n) is 1.44. The zero-order valence-electron chi connectivity index (χ0n) is 9.19. The summed E-state index contributed by atoms with van der Waals surface area (Å²) in [6, 6.07) is 3.73. The normalized spacial score (nSPS) is 10.8. The molecular formula is C10H11F2N5. The van der Waals surface area contributed by atoms with Gasteiger partial charge in [-0.2, -0.15) is 0 Å². The largest absolute Gasteiger partial charge is 0.313 e. The predicted molar refractivity (Wildman–Crippen MR) is 56.0 cm³/mol. The second kappa shape index (κ2) is 4.96. The van der Waals surface area contributed by atoms with Crippen molar-refractivity contribution >= 4 is 0 Å². The van der Waals surface area contributed by atoms with Gasteiger partial charge < -0.3 is 5.32 Å². The van der Waals surface area contributed by atoms with E-state index in [4.69, 9.17) is 0 Å². The minimum absolute atomic E-state index is 0.307. The van der Waals surface area contributed by atoms with Gasteiger partial charge in [-0.15, -0.1) is 5.10 Å². The number of aromatic nitrogens is 4. The van der Waals surface area contributed by atoms with E-state index >= 15 is 0 Å². The van der Waals surface area contributed by atoms with Crippen LogP contribution in [0.5, 0.6) is 0 Å². The van der Waals surface area contributed by atoms with Crippen LogP contribution in [0.3, 0.4) is 0 Å². The topological polar surface area (TPSA) is 55.6 Å². The highest BCUT2D eigenvalue weighted by Gasteiger charge is 2.07. The van der Waals surface area contributed by atoms with Crippen LogP contribution in [0, 0.1) is 11.6 Å². The Morgan fingerprint density at radius 2 is 2.12 bits per heavy atom. The summed E-state index contributed by atoms with van der Waals surface area (Å²) < 4.78 is 27.3. The highest BCUT2D eigenvalue weighted by atomic mass is 19.2. The number of nitrogens with zero attached hydrogens (tertiary/aromatic N) is 4. The molecule has 0 aliphatic heterocycles. The highest BCUT2D eigenvalue weighted by Crippen LogP contribution is 2.10. The second-order valence-electron chi connectivity index (χ2n) is 3.53. The Morgan fingerprint density at radius 3 is 2.82 bits per heavy atom. The maximum absolute atomic E-state index is 13.0. The van der Waals surface area contributed by atoms with Crippen molar-refractivity contribution in [1.29, 1.82) is 0 Å². The van der Waals surface area contributed by atoms with Crippen LogP contribution in [-0.4, -0.2) is 27.3 Å². The average molecular weight is 239 g/mol. The molecule has 0 atom stereocenters. The van der Waals surface area contributed by atoms with E-state index in [9.17, 15) is 8.78 Å². The van der Waals surface area contributed by atoms with Gasteiger partial charge in [0.1, 0.15) is 0 Å². The molecule has 2 aromatic rings. The SMILES string of the molecule is CNCc1nnnn1Cc1ccc(F)c(F)c1. The van der Waals surface area contributed by atoms with Crippen LogP contribution < -0.4 is 5.32 Å². The van der Waals surface area contributed by atoms with Crippen LogP contribution in [0.15, 0.2) is 18.2 Å². The number of hydrogen-bond acceptors (Lipinski definition) is 4. The molecule has 0 aliphatic carbocycles. The zero-order valence-corrected chi connectivity index (χ0v) is 9.19. The van der Waals surface area contributed by atoms with Gasteiger partial charge in [-0.05, 0) is 35.2 Å². The van der Waals surface area contributed by atoms with Crippen molar-refractivity contribution in [2.75, 3.05) is 7.05 Å². The van der Waals surface area contributed by atoms with Crippen molar-refractivity contribution < 1.29 is 8.78 Å². The van der Waals surface area contributed by atoms with Gasteiger partial charge in [-0.1, -0.05) is 6.07 Å². The smallest absolute Gasteiger partial charge is 0.165 e. The summed E-state index contributed by atoms with van der Waals surface area (Å²) in [5.41, 5.74) is 0.605. The summed E-state index contributed by atoms with van der Waals surface area (Å²) in [5.74, 6) is -1.09. The lowest BCUT2D eigenvalue weighted by atomic mass is 10.2. The molecule has 0 aliphatic rings. The van der Waals surface area contributed by atoms with Crippen molar-refractivity contribution in [2.45, 2.75) is 13.1 Å². The molecule has 17 heavy (non-hydrogen) atoms. The highest BCUT2D eigenvalue weighted by molar-refractivity contribution is 5.18. The number of rotatable bonds is 4. The van der Waals surface area contributed by atoms with Gasteiger partial charge in [-0.3, -0.25) is 0 Å². The molecule has 1 aromatic carbocycles. The predicted octanol–water partition coefficient (Wildman–Crippen LogP) is 0.719. The van der Waals surface area contributed by atoms with E-state index in [2.05, 4.69) is 20.8 Å². The molecule has 1 N–H and O–H groups in total. The fourth-order valence-corrected chi connectivity index (χ4v) is 1.44. The van der Waals surface area contributed by atoms with E-state index in [0.717, 1.165) is 12.1 Å². The van der Waals surface area contributed by atoms with Gasteiger partial charge in [0.05, 0.1) is 13.1 Å². The van der Waals surface area contributed by atoms with Crippen molar-refractivity contribution in [3.63, 3.8) is 0 Å². The van der Waals surface area contributed by atoms with Crippen LogP contribution in [0.4, 0.5) is 8.78 Å². The van der Waals surface area contributed by atoms with Gasteiger partial charge in [-0.25, -0.2) is 13.5 Å². The summed E-state index contributed by atoms with van der Waals surface area (Å²) in [6.07, 6.45) is 0. The van der Waals surface area contributed by atoms with Crippen LogP contribution in [0.25, 0.3) is 0 Å². The van der Waals surface area contributed by atoms with E-state index in [1.165, 1.54) is 10.7 Å². The number of halogens is 2. The first-order valence-corrected chi connectivity index (χ1v) is 5.04. The van der Waals surface area contributed by atoms with E-state index in [1.807, 2.05) is 0 Å². The molecule has 5 nitrogen and oxygen atoms in total. The summed E-state index contributed by atoms with van der Waals surface area (Å²) >= 11 is 0. The quantitative estimate of drug-likeness (QED) is 0.854. The van der Waals surface area contributed by atoms with Crippen molar-refractivity contribution in [3.05, 3.63) is 41.2 Å². The maximum Gasteiger partial charge on any atom is 0.165 e. The minimum atomic E-state index is -0.870. The summed E-state index contributed by atoms with van der Waals surface area (Å²) in [5, 5.41) is 14.0. The van der Waals surface area contributed by atoms with Crippen LogP contribution in [0.2, 0.25) is 0 Å². The number of nitrogens with one attached hydrogen (secondary N) is 1. The van der Waals surface area contributed by atoms with Crippen LogP contribution in [0.1, 0.15) is 11.4 Å². The standard InChI is InChI=1S/C10H11F2N5/c1-13-5-10-14-15-16-17(10)6-7-2-3-8(11)9(12)4-7/h2-4,13H,5-6H2,1H3. The molecule has 0 radical (unpaired) electrons. The Balaban J connectivity index is 2.19. The average Bonchev–Trinajstić information content (AvgIpc) is 2.72. The van der Waals surface area contributed by atoms with E-state index < -0.39 is 11.6 Å². The summed E-state index contributed by atoms with van der Waals surface area (Å²) in [4.78, 5) is 0. The molecule has 0 amide bonds. The van der Waals surface area contributed by atoms with Crippen LogP contribution >= 0.6 is 0 Å². The van der Waals surface area contributed by atoms with Gasteiger partial charge in [0.25, 0.3) is 0 Å². The molecule has 0 fully saturated rings. The molecule has 7 heteroatoms.